The lowest BCUT2D eigenvalue weighted by molar-refractivity contribution is 0.175. The minimum atomic E-state index is 0.661. The van der Waals surface area contributed by atoms with E-state index < -0.39 is 0 Å². The van der Waals surface area contributed by atoms with Crippen LogP contribution in [0, 0.1) is 5.92 Å². The van der Waals surface area contributed by atoms with Crippen LogP contribution in [0.4, 0.5) is 0 Å². The fraction of sp³-hybridized carbons (Fsp3) is 0.588. The molecular weight excluding hydrogens is 292 g/mol. The first-order valence-electron chi connectivity index (χ1n) is 8.24. The molecule has 2 aromatic rings. The molecule has 22 heavy (non-hydrogen) atoms. The first-order chi connectivity index (χ1) is 10.8. The zero-order valence-electron chi connectivity index (χ0n) is 13.6. The molecule has 0 spiro atoms. The van der Waals surface area contributed by atoms with Gasteiger partial charge in [-0.05, 0) is 35.5 Å². The van der Waals surface area contributed by atoms with Gasteiger partial charge in [0, 0.05) is 44.5 Å². The Morgan fingerprint density at radius 1 is 1.32 bits per heavy atom. The average molecular weight is 318 g/mol. The molecule has 1 aliphatic heterocycles. The SMILES string of the molecule is CCN(CC)CC1CN(Cc2ccsc2)Cc2nccn2C1. The minimum Gasteiger partial charge on any atom is -0.333 e. The Hall–Kier alpha value is -1.17. The molecule has 0 saturated carbocycles. The highest BCUT2D eigenvalue weighted by Crippen LogP contribution is 2.19. The molecule has 1 aliphatic rings. The predicted molar refractivity (Wildman–Crippen MR) is 91.9 cm³/mol. The summed E-state index contributed by atoms with van der Waals surface area (Å²) in [6, 6.07) is 2.24. The summed E-state index contributed by atoms with van der Waals surface area (Å²) in [5.74, 6) is 1.87. The average Bonchev–Trinajstić information content (AvgIpc) is 3.14. The molecule has 2 aromatic heterocycles. The summed E-state index contributed by atoms with van der Waals surface area (Å²) >= 11 is 1.78. The summed E-state index contributed by atoms with van der Waals surface area (Å²) in [6.07, 6.45) is 4.08. The summed E-state index contributed by atoms with van der Waals surface area (Å²) in [6.45, 7) is 12.2. The van der Waals surface area contributed by atoms with Gasteiger partial charge >= 0.3 is 0 Å². The van der Waals surface area contributed by atoms with Gasteiger partial charge in [-0.3, -0.25) is 4.90 Å². The highest BCUT2D eigenvalue weighted by atomic mass is 32.1. The lowest BCUT2D eigenvalue weighted by Gasteiger charge is -2.28. The molecule has 120 valence electrons. The number of rotatable bonds is 6. The van der Waals surface area contributed by atoms with Gasteiger partial charge in [0.2, 0.25) is 0 Å². The molecule has 0 aliphatic carbocycles. The van der Waals surface area contributed by atoms with Crippen LogP contribution in [0.25, 0.3) is 0 Å². The third-order valence-electron chi connectivity index (χ3n) is 4.54. The predicted octanol–water partition coefficient (Wildman–Crippen LogP) is 2.92. The molecule has 3 rings (SSSR count). The second-order valence-electron chi connectivity index (χ2n) is 6.15. The molecule has 0 aromatic carbocycles. The van der Waals surface area contributed by atoms with Crippen LogP contribution < -0.4 is 0 Å². The maximum absolute atomic E-state index is 4.56. The van der Waals surface area contributed by atoms with Crippen molar-refractivity contribution in [2.24, 2.45) is 5.92 Å². The molecule has 4 nitrogen and oxygen atoms in total. The molecule has 0 saturated heterocycles. The zero-order valence-corrected chi connectivity index (χ0v) is 14.4. The fourth-order valence-electron chi connectivity index (χ4n) is 3.35. The normalized spacial score (nSPS) is 19.3. The summed E-state index contributed by atoms with van der Waals surface area (Å²) in [4.78, 5) is 9.66. The minimum absolute atomic E-state index is 0.661. The van der Waals surface area contributed by atoms with Crippen LogP contribution >= 0.6 is 11.3 Å². The number of aromatic nitrogens is 2. The van der Waals surface area contributed by atoms with E-state index in [4.69, 9.17) is 0 Å². The first kappa shape index (κ1) is 15.7. The van der Waals surface area contributed by atoms with E-state index in [9.17, 15) is 0 Å². The Morgan fingerprint density at radius 2 is 2.18 bits per heavy atom. The van der Waals surface area contributed by atoms with Crippen LogP contribution in [-0.2, 0) is 19.6 Å². The van der Waals surface area contributed by atoms with Crippen molar-refractivity contribution < 1.29 is 0 Å². The van der Waals surface area contributed by atoms with Gasteiger partial charge in [0.15, 0.2) is 0 Å². The van der Waals surface area contributed by atoms with Crippen LogP contribution in [0.15, 0.2) is 29.2 Å². The lowest BCUT2D eigenvalue weighted by atomic mass is 10.1. The molecule has 5 heteroatoms. The van der Waals surface area contributed by atoms with E-state index in [0.29, 0.717) is 5.92 Å². The fourth-order valence-corrected chi connectivity index (χ4v) is 4.01. The summed E-state index contributed by atoms with van der Waals surface area (Å²) in [5, 5.41) is 4.43. The van der Waals surface area contributed by atoms with E-state index in [0.717, 1.165) is 39.3 Å². The van der Waals surface area contributed by atoms with E-state index in [1.807, 2.05) is 6.20 Å². The molecule has 0 amide bonds. The number of nitrogens with zero attached hydrogens (tertiary/aromatic N) is 4. The van der Waals surface area contributed by atoms with Crippen molar-refractivity contribution in [3.63, 3.8) is 0 Å². The largest absolute Gasteiger partial charge is 0.333 e. The maximum atomic E-state index is 4.56. The zero-order chi connectivity index (χ0) is 15.4. The van der Waals surface area contributed by atoms with Gasteiger partial charge < -0.3 is 9.47 Å². The van der Waals surface area contributed by atoms with Crippen LogP contribution in [-0.4, -0.2) is 45.5 Å². The van der Waals surface area contributed by atoms with Crippen molar-refractivity contribution >= 4 is 11.3 Å². The highest BCUT2D eigenvalue weighted by molar-refractivity contribution is 7.07. The molecule has 0 radical (unpaired) electrons. The van der Waals surface area contributed by atoms with E-state index in [1.54, 1.807) is 11.3 Å². The van der Waals surface area contributed by atoms with Crippen molar-refractivity contribution in [2.45, 2.75) is 33.5 Å². The number of fused-ring (bicyclic) bond motifs is 1. The monoisotopic (exact) mass is 318 g/mol. The summed E-state index contributed by atoms with van der Waals surface area (Å²) in [7, 11) is 0. The Kier molecular flexibility index (Phi) is 5.28. The maximum Gasteiger partial charge on any atom is 0.122 e. The second-order valence-corrected chi connectivity index (χ2v) is 6.93. The summed E-state index contributed by atoms with van der Waals surface area (Å²) < 4.78 is 2.35. The van der Waals surface area contributed by atoms with E-state index in [1.165, 1.54) is 17.9 Å². The molecule has 0 fully saturated rings. The van der Waals surface area contributed by atoms with Crippen LogP contribution in [0.3, 0.4) is 0 Å². The topological polar surface area (TPSA) is 24.3 Å². The van der Waals surface area contributed by atoms with Gasteiger partial charge in [0.25, 0.3) is 0 Å². The molecule has 3 heterocycles. The standard InChI is InChI=1S/C17H26N4S/c1-3-19(4-2)10-16-11-20(9-15-5-8-22-14-15)13-17-18-6-7-21(17)12-16/h5-8,14,16H,3-4,9-13H2,1-2H3. The Labute approximate surface area is 137 Å². The Balaban J connectivity index is 1.73. The second kappa shape index (κ2) is 7.40. The van der Waals surface area contributed by atoms with E-state index >= 15 is 0 Å². The van der Waals surface area contributed by atoms with Crippen molar-refractivity contribution in [3.8, 4) is 0 Å². The van der Waals surface area contributed by atoms with Gasteiger partial charge in [0.05, 0.1) is 6.54 Å². The first-order valence-corrected chi connectivity index (χ1v) is 9.18. The van der Waals surface area contributed by atoms with E-state index in [2.05, 4.69) is 56.2 Å². The molecule has 1 atom stereocenters. The highest BCUT2D eigenvalue weighted by Gasteiger charge is 2.23. The van der Waals surface area contributed by atoms with Gasteiger partial charge in [-0.15, -0.1) is 0 Å². The Bertz CT molecular complexity index is 559. The quantitative estimate of drug-likeness (QED) is 0.818. The number of thiophene rings is 1. The van der Waals surface area contributed by atoms with Gasteiger partial charge in [-0.2, -0.15) is 11.3 Å². The van der Waals surface area contributed by atoms with Crippen molar-refractivity contribution in [3.05, 3.63) is 40.6 Å². The van der Waals surface area contributed by atoms with Crippen molar-refractivity contribution in [1.82, 2.24) is 19.4 Å². The molecule has 0 N–H and O–H groups in total. The third kappa shape index (κ3) is 3.77. The molecule has 1 unspecified atom stereocenters. The Morgan fingerprint density at radius 3 is 2.91 bits per heavy atom. The van der Waals surface area contributed by atoms with Gasteiger partial charge in [-0.1, -0.05) is 13.8 Å². The van der Waals surface area contributed by atoms with Crippen LogP contribution in [0.1, 0.15) is 25.2 Å². The van der Waals surface area contributed by atoms with Crippen LogP contribution in [0.5, 0.6) is 0 Å². The van der Waals surface area contributed by atoms with Crippen molar-refractivity contribution in [2.75, 3.05) is 26.2 Å². The summed E-state index contributed by atoms with van der Waals surface area (Å²) in [5.41, 5.74) is 1.42. The van der Waals surface area contributed by atoms with Crippen molar-refractivity contribution in [1.29, 1.82) is 0 Å². The number of hydrogen-bond acceptors (Lipinski definition) is 4. The van der Waals surface area contributed by atoms with Gasteiger partial charge in [0.1, 0.15) is 5.82 Å². The third-order valence-corrected chi connectivity index (χ3v) is 5.27. The van der Waals surface area contributed by atoms with E-state index in [-0.39, 0.29) is 0 Å². The lowest BCUT2D eigenvalue weighted by Crippen LogP contribution is -2.36. The van der Waals surface area contributed by atoms with Gasteiger partial charge in [-0.25, -0.2) is 4.98 Å². The number of imidazole rings is 1. The smallest absolute Gasteiger partial charge is 0.122 e. The molecular formula is C17H26N4S. The van der Waals surface area contributed by atoms with Crippen LogP contribution in [0.2, 0.25) is 0 Å². The number of hydrogen-bond donors (Lipinski definition) is 0. The molecule has 0 bridgehead atoms.